The maximum Gasteiger partial charge on any atom is 1.00 e. The molecule has 6 heteroatoms. The van der Waals surface area contributed by atoms with Crippen LogP contribution in [0.25, 0.3) is 0 Å². The van der Waals surface area contributed by atoms with Gasteiger partial charge in [0.1, 0.15) is 0 Å². The average Bonchev–Trinajstić information content (AvgIpc) is 3.04. The molecule has 0 bridgehead atoms. The van der Waals surface area contributed by atoms with Gasteiger partial charge in [0.15, 0.2) is 0 Å². The van der Waals surface area contributed by atoms with Crippen molar-refractivity contribution in [1.82, 2.24) is 0 Å². The summed E-state index contributed by atoms with van der Waals surface area (Å²) in [5, 5.41) is 0. The Kier molecular flexibility index (Phi) is 9.22. The molecule has 186 valence electrons. The molecule has 0 heterocycles. The van der Waals surface area contributed by atoms with Crippen LogP contribution in [0.3, 0.4) is 0 Å². The molecule has 0 aromatic rings. The van der Waals surface area contributed by atoms with Crippen LogP contribution in [0, 0.1) is 52.3 Å². The van der Waals surface area contributed by atoms with E-state index in [1.165, 1.54) is 57.8 Å². The number of hydrogen-bond donors (Lipinski definition) is 0. The second-order valence-corrected chi connectivity index (χ2v) is 14.1. The molecule has 0 spiro atoms. The van der Waals surface area contributed by atoms with Gasteiger partial charge in [-0.05, 0) is 110 Å². The minimum atomic E-state index is -4.60. The first-order chi connectivity index (χ1) is 14.9. The molecule has 4 aliphatic carbocycles. The first-order valence-corrected chi connectivity index (χ1v) is 14.9. The summed E-state index contributed by atoms with van der Waals surface area (Å²) >= 11 is 0. The van der Waals surface area contributed by atoms with Gasteiger partial charge in [-0.1, -0.05) is 53.9 Å². The predicted octanol–water partition coefficient (Wildman–Crippen LogP) is 3.96. The Morgan fingerprint density at radius 1 is 0.909 bits per heavy atom. The molecule has 4 nitrogen and oxygen atoms in total. The summed E-state index contributed by atoms with van der Waals surface area (Å²) in [4.78, 5) is 0. The second kappa shape index (κ2) is 10.7. The van der Waals surface area contributed by atoms with Gasteiger partial charge in [-0.15, -0.1) is 0 Å². The van der Waals surface area contributed by atoms with E-state index in [0.717, 1.165) is 54.8 Å². The summed E-state index contributed by atoms with van der Waals surface area (Å²) in [6, 6.07) is 0. The van der Waals surface area contributed by atoms with Crippen molar-refractivity contribution >= 4 is 10.4 Å². The molecular weight excluding hydrogens is 443 g/mol. The van der Waals surface area contributed by atoms with Crippen molar-refractivity contribution in [3.05, 3.63) is 0 Å². The number of rotatable bonds is 7. The number of hydrogen-bond acceptors (Lipinski definition) is 4. The zero-order valence-corrected chi connectivity index (χ0v) is 25.0. The average molecular weight is 491 g/mol. The Labute approximate surface area is 226 Å². The number of fused-ring (bicyclic) bond motifs is 5. The van der Waals surface area contributed by atoms with Crippen LogP contribution in [-0.4, -0.2) is 19.1 Å². The van der Waals surface area contributed by atoms with Gasteiger partial charge in [-0.2, -0.15) is 0 Å². The molecule has 0 saturated heterocycles. The molecular formula is C27H47NaO4S. The first-order valence-electron chi connectivity index (χ1n) is 13.6. The van der Waals surface area contributed by atoms with Crippen molar-refractivity contribution in [3.8, 4) is 0 Å². The van der Waals surface area contributed by atoms with Crippen LogP contribution in [0.15, 0.2) is 0 Å². The summed E-state index contributed by atoms with van der Waals surface area (Å²) in [7, 11) is -4.60. The van der Waals surface area contributed by atoms with Gasteiger partial charge < -0.3 is 4.55 Å². The minimum absolute atomic E-state index is 0. The molecule has 4 rings (SSSR count). The second-order valence-electron chi connectivity index (χ2n) is 13.1. The van der Waals surface area contributed by atoms with Crippen LogP contribution in [0.1, 0.15) is 112 Å². The van der Waals surface area contributed by atoms with E-state index < -0.39 is 16.5 Å². The van der Waals surface area contributed by atoms with Crippen LogP contribution in [0.4, 0.5) is 0 Å². The molecule has 0 aromatic carbocycles. The maximum atomic E-state index is 11.1. The van der Waals surface area contributed by atoms with Crippen LogP contribution < -0.4 is 29.6 Å². The zero-order chi connectivity index (χ0) is 23.3. The van der Waals surface area contributed by atoms with E-state index >= 15 is 0 Å². The fourth-order valence-corrected chi connectivity index (χ4v) is 10.0. The van der Waals surface area contributed by atoms with E-state index in [0.29, 0.717) is 11.3 Å². The largest absolute Gasteiger partial charge is 1.00 e. The molecule has 0 aromatic heterocycles. The van der Waals surface area contributed by atoms with Crippen molar-refractivity contribution in [3.63, 3.8) is 0 Å². The monoisotopic (exact) mass is 490 g/mol. The topological polar surface area (TPSA) is 66.4 Å². The molecule has 9 atom stereocenters. The summed E-state index contributed by atoms with van der Waals surface area (Å²) in [6.07, 6.45) is 14.2. The van der Waals surface area contributed by atoms with Gasteiger partial charge >= 0.3 is 29.6 Å². The van der Waals surface area contributed by atoms with E-state index in [4.69, 9.17) is 4.18 Å². The maximum absolute atomic E-state index is 11.1. The smallest absolute Gasteiger partial charge is 0.726 e. The third kappa shape index (κ3) is 5.74. The van der Waals surface area contributed by atoms with E-state index in [1.54, 1.807) is 0 Å². The molecule has 0 amide bonds. The molecule has 0 radical (unpaired) electrons. The summed E-state index contributed by atoms with van der Waals surface area (Å²) in [6.45, 7) is 12.3. The molecule has 0 aliphatic heterocycles. The van der Waals surface area contributed by atoms with Crippen LogP contribution in [-0.2, 0) is 14.6 Å². The first kappa shape index (κ1) is 28.4. The molecule has 4 fully saturated rings. The Balaban J connectivity index is 0.00000306. The van der Waals surface area contributed by atoms with Gasteiger partial charge in [0.25, 0.3) is 0 Å². The quantitative estimate of drug-likeness (QED) is 0.308. The normalized spacial score (nSPS) is 43.8. The third-order valence-corrected chi connectivity index (χ3v) is 11.6. The Morgan fingerprint density at radius 2 is 1.58 bits per heavy atom. The van der Waals surface area contributed by atoms with Crippen molar-refractivity contribution < 1.29 is 46.7 Å². The Morgan fingerprint density at radius 3 is 2.24 bits per heavy atom. The van der Waals surface area contributed by atoms with Gasteiger partial charge in [-0.3, -0.25) is 4.18 Å². The van der Waals surface area contributed by atoms with Gasteiger partial charge in [-0.25, -0.2) is 8.42 Å². The van der Waals surface area contributed by atoms with Gasteiger partial charge in [0, 0.05) is 0 Å². The summed E-state index contributed by atoms with van der Waals surface area (Å²) in [5.41, 5.74) is 0.802. The summed E-state index contributed by atoms with van der Waals surface area (Å²) < 4.78 is 38.3. The molecule has 4 saturated carbocycles. The standard InChI is InChI=1S/C27H48O4S.Na/c1-18(2)7-6-8-19(3)23-11-12-24-22-10-9-20-17-21(31-32(28,29)30)13-15-26(20,4)25(22)14-16-27(23,24)5;/h18-25H,6-17H2,1-5H3,(H,28,29,30);/q;+1/p-1/t19-,20?,21+,22+,23-,24+,25+,26+,27-;/m1./s1. The van der Waals surface area contributed by atoms with Crippen molar-refractivity contribution in [2.45, 2.75) is 118 Å². The zero-order valence-electron chi connectivity index (χ0n) is 22.1. The van der Waals surface area contributed by atoms with E-state index in [1.807, 2.05) is 0 Å². The molecule has 1 unspecified atom stereocenters. The third-order valence-electron chi connectivity index (χ3n) is 11.1. The van der Waals surface area contributed by atoms with Crippen molar-refractivity contribution in [2.24, 2.45) is 52.3 Å². The Bertz CT molecular complexity index is 770. The van der Waals surface area contributed by atoms with Crippen LogP contribution >= 0.6 is 0 Å². The molecule has 0 N–H and O–H groups in total. The Hall–Kier alpha value is 0.870. The predicted molar refractivity (Wildman–Crippen MR) is 128 cm³/mol. The van der Waals surface area contributed by atoms with Crippen LogP contribution in [0.5, 0.6) is 0 Å². The van der Waals surface area contributed by atoms with Crippen LogP contribution in [0.2, 0.25) is 0 Å². The van der Waals surface area contributed by atoms with E-state index in [2.05, 4.69) is 34.6 Å². The molecule has 4 aliphatic rings. The fourth-order valence-electron chi connectivity index (χ4n) is 9.50. The van der Waals surface area contributed by atoms with Gasteiger partial charge in [0.05, 0.1) is 6.10 Å². The van der Waals surface area contributed by atoms with Gasteiger partial charge in [0.2, 0.25) is 10.4 Å². The minimum Gasteiger partial charge on any atom is -0.726 e. The summed E-state index contributed by atoms with van der Waals surface area (Å²) in [5.74, 6) is 5.51. The fraction of sp³-hybridized carbons (Fsp3) is 1.00. The van der Waals surface area contributed by atoms with Crippen molar-refractivity contribution in [1.29, 1.82) is 0 Å². The SMILES string of the molecule is CC(C)CCC[C@@H](C)[C@H]1CC[C@H]2[C@@H]3CCC4C[C@@H](OS(=O)(=O)[O-])CC[C@]4(C)[C@H]3CC[C@]12C.[Na+]. The van der Waals surface area contributed by atoms with E-state index in [9.17, 15) is 13.0 Å². The van der Waals surface area contributed by atoms with E-state index in [-0.39, 0.29) is 35.0 Å². The molecule has 33 heavy (non-hydrogen) atoms. The van der Waals surface area contributed by atoms with Crippen molar-refractivity contribution in [2.75, 3.05) is 0 Å².